The van der Waals surface area contributed by atoms with Crippen molar-refractivity contribution in [3.8, 4) is 0 Å². The Kier molecular flexibility index (Phi) is 4.03. The summed E-state index contributed by atoms with van der Waals surface area (Å²) in [5.41, 5.74) is 0. The molecule has 88 valence electrons. The van der Waals surface area contributed by atoms with Gasteiger partial charge in [0.2, 0.25) is 5.91 Å². The summed E-state index contributed by atoms with van der Waals surface area (Å²) in [5.74, 6) is 0.340. The van der Waals surface area contributed by atoms with Gasteiger partial charge in [-0.05, 0) is 37.8 Å². The molecule has 3 nitrogen and oxygen atoms in total. The number of aromatic nitrogens is 1. The molecule has 1 aliphatic heterocycles. The van der Waals surface area contributed by atoms with Crippen LogP contribution in [0.2, 0.25) is 0 Å². The van der Waals surface area contributed by atoms with E-state index in [9.17, 15) is 4.79 Å². The maximum absolute atomic E-state index is 11.8. The first-order chi connectivity index (χ1) is 7.86. The summed E-state index contributed by atoms with van der Waals surface area (Å²) in [7, 11) is 0. The van der Waals surface area contributed by atoms with Crippen LogP contribution in [0.3, 0.4) is 0 Å². The minimum absolute atomic E-state index is 0.340. The number of piperidine rings is 1. The zero-order valence-electron chi connectivity index (χ0n) is 9.77. The summed E-state index contributed by atoms with van der Waals surface area (Å²) in [6, 6.07) is 4.04. The van der Waals surface area contributed by atoms with Gasteiger partial charge in [-0.1, -0.05) is 0 Å². The van der Waals surface area contributed by atoms with Crippen LogP contribution in [0.1, 0.15) is 32.1 Å². The number of nitrogens with zero attached hydrogens (tertiary/aromatic N) is 2. The van der Waals surface area contributed by atoms with E-state index in [-0.39, 0.29) is 0 Å². The fourth-order valence-corrected chi connectivity index (χ4v) is 2.23. The standard InChI is InChI=1S/C13H20N2O/c16-13(15-11-2-1-3-12-15)7-6-10-14-8-4-5-9-14/h4-5,8-9H,1-3,6-7,10-12H2. The minimum atomic E-state index is 0.340. The van der Waals surface area contributed by atoms with Crippen molar-refractivity contribution in [1.29, 1.82) is 0 Å². The summed E-state index contributed by atoms with van der Waals surface area (Å²) >= 11 is 0. The molecule has 0 atom stereocenters. The predicted octanol–water partition coefficient (Wildman–Crippen LogP) is 2.28. The van der Waals surface area contributed by atoms with Crippen molar-refractivity contribution in [2.24, 2.45) is 0 Å². The minimum Gasteiger partial charge on any atom is -0.354 e. The van der Waals surface area contributed by atoms with E-state index in [1.807, 2.05) is 29.4 Å². The lowest BCUT2D eigenvalue weighted by Gasteiger charge is -2.26. The molecule has 1 aromatic rings. The lowest BCUT2D eigenvalue weighted by Crippen LogP contribution is -2.35. The van der Waals surface area contributed by atoms with Crippen molar-refractivity contribution >= 4 is 5.91 Å². The molecule has 1 aliphatic rings. The Morgan fingerprint density at radius 1 is 1.06 bits per heavy atom. The van der Waals surface area contributed by atoms with Gasteiger partial charge in [-0.15, -0.1) is 0 Å². The van der Waals surface area contributed by atoms with Gasteiger partial charge >= 0.3 is 0 Å². The first kappa shape index (κ1) is 11.2. The van der Waals surface area contributed by atoms with E-state index in [2.05, 4.69) is 4.57 Å². The van der Waals surface area contributed by atoms with E-state index < -0.39 is 0 Å². The molecule has 0 N–H and O–H groups in total. The van der Waals surface area contributed by atoms with Crippen molar-refractivity contribution in [3.63, 3.8) is 0 Å². The van der Waals surface area contributed by atoms with Crippen LogP contribution in [0.25, 0.3) is 0 Å². The van der Waals surface area contributed by atoms with Crippen molar-refractivity contribution in [1.82, 2.24) is 9.47 Å². The number of aryl methyl sites for hydroxylation is 1. The Balaban J connectivity index is 1.67. The van der Waals surface area contributed by atoms with Crippen LogP contribution >= 0.6 is 0 Å². The smallest absolute Gasteiger partial charge is 0.222 e. The molecule has 0 bridgehead atoms. The largest absolute Gasteiger partial charge is 0.354 e. The van der Waals surface area contributed by atoms with Gasteiger partial charge in [0.25, 0.3) is 0 Å². The third-order valence-electron chi connectivity index (χ3n) is 3.18. The van der Waals surface area contributed by atoms with Gasteiger partial charge in [0.05, 0.1) is 0 Å². The highest BCUT2D eigenvalue weighted by molar-refractivity contribution is 5.76. The first-order valence-corrected chi connectivity index (χ1v) is 6.25. The van der Waals surface area contributed by atoms with Crippen molar-refractivity contribution in [3.05, 3.63) is 24.5 Å². The summed E-state index contributed by atoms with van der Waals surface area (Å²) in [6.07, 6.45) is 9.39. The number of likely N-dealkylation sites (tertiary alicyclic amines) is 1. The van der Waals surface area contributed by atoms with E-state index >= 15 is 0 Å². The van der Waals surface area contributed by atoms with Gasteiger partial charge in [0.15, 0.2) is 0 Å². The summed E-state index contributed by atoms with van der Waals surface area (Å²) < 4.78 is 2.13. The summed E-state index contributed by atoms with van der Waals surface area (Å²) in [4.78, 5) is 13.9. The molecule has 1 aromatic heterocycles. The molecule has 3 heteroatoms. The number of carbonyl (C=O) groups is 1. The van der Waals surface area contributed by atoms with Crippen LogP contribution < -0.4 is 0 Å². The molecule has 0 aromatic carbocycles. The van der Waals surface area contributed by atoms with Gasteiger partial charge in [0.1, 0.15) is 0 Å². The molecule has 0 saturated carbocycles. The van der Waals surface area contributed by atoms with E-state index in [0.29, 0.717) is 12.3 Å². The molecule has 16 heavy (non-hydrogen) atoms. The van der Waals surface area contributed by atoms with Crippen LogP contribution in [-0.2, 0) is 11.3 Å². The molecule has 0 spiro atoms. The van der Waals surface area contributed by atoms with E-state index in [1.54, 1.807) is 0 Å². The SMILES string of the molecule is O=C(CCCn1cccc1)N1CCCCC1. The lowest BCUT2D eigenvalue weighted by molar-refractivity contribution is -0.132. The van der Waals surface area contributed by atoms with E-state index in [4.69, 9.17) is 0 Å². The first-order valence-electron chi connectivity index (χ1n) is 6.25. The maximum atomic E-state index is 11.8. The normalized spacial score (nSPS) is 16.4. The van der Waals surface area contributed by atoms with Gasteiger partial charge < -0.3 is 9.47 Å². The van der Waals surface area contributed by atoms with Crippen molar-refractivity contribution in [2.45, 2.75) is 38.6 Å². The van der Waals surface area contributed by atoms with Gasteiger partial charge in [-0.2, -0.15) is 0 Å². The second-order valence-electron chi connectivity index (χ2n) is 4.47. The number of rotatable bonds is 4. The molecule has 0 unspecified atom stereocenters. The van der Waals surface area contributed by atoms with Gasteiger partial charge in [-0.3, -0.25) is 4.79 Å². The number of hydrogen-bond acceptors (Lipinski definition) is 1. The van der Waals surface area contributed by atoms with Crippen LogP contribution in [0.15, 0.2) is 24.5 Å². The van der Waals surface area contributed by atoms with E-state index in [1.165, 1.54) is 19.3 Å². The summed E-state index contributed by atoms with van der Waals surface area (Å²) in [6.45, 7) is 2.90. The highest BCUT2D eigenvalue weighted by Gasteiger charge is 2.15. The maximum Gasteiger partial charge on any atom is 0.222 e. The molecule has 2 rings (SSSR count). The van der Waals surface area contributed by atoms with Gasteiger partial charge in [0, 0.05) is 38.4 Å². The highest BCUT2D eigenvalue weighted by atomic mass is 16.2. The molecule has 0 aliphatic carbocycles. The second kappa shape index (κ2) is 5.73. The van der Waals surface area contributed by atoms with Crippen LogP contribution in [0.4, 0.5) is 0 Å². The third-order valence-corrected chi connectivity index (χ3v) is 3.18. The number of carbonyl (C=O) groups excluding carboxylic acids is 1. The number of amides is 1. The third kappa shape index (κ3) is 3.12. The quantitative estimate of drug-likeness (QED) is 0.764. The van der Waals surface area contributed by atoms with Crippen molar-refractivity contribution < 1.29 is 4.79 Å². The molecule has 2 heterocycles. The van der Waals surface area contributed by atoms with Gasteiger partial charge in [-0.25, -0.2) is 0 Å². The molecule has 0 radical (unpaired) electrons. The molecular formula is C13H20N2O. The van der Waals surface area contributed by atoms with E-state index in [0.717, 1.165) is 26.1 Å². The fourth-order valence-electron chi connectivity index (χ4n) is 2.23. The second-order valence-corrected chi connectivity index (χ2v) is 4.47. The Morgan fingerprint density at radius 2 is 1.75 bits per heavy atom. The fraction of sp³-hybridized carbons (Fsp3) is 0.615. The zero-order chi connectivity index (χ0) is 11.2. The number of hydrogen-bond donors (Lipinski definition) is 0. The Bertz CT molecular complexity index is 313. The summed E-state index contributed by atoms with van der Waals surface area (Å²) in [5, 5.41) is 0. The Labute approximate surface area is 97.1 Å². The highest BCUT2D eigenvalue weighted by Crippen LogP contribution is 2.10. The molecular weight excluding hydrogens is 200 g/mol. The average molecular weight is 220 g/mol. The van der Waals surface area contributed by atoms with Crippen LogP contribution in [-0.4, -0.2) is 28.5 Å². The zero-order valence-corrected chi connectivity index (χ0v) is 9.77. The van der Waals surface area contributed by atoms with Crippen molar-refractivity contribution in [2.75, 3.05) is 13.1 Å². The average Bonchev–Trinajstić information content (AvgIpc) is 2.83. The molecule has 1 saturated heterocycles. The Hall–Kier alpha value is -1.25. The van der Waals surface area contributed by atoms with Crippen LogP contribution in [0, 0.1) is 0 Å². The topological polar surface area (TPSA) is 25.2 Å². The van der Waals surface area contributed by atoms with Crippen LogP contribution in [0.5, 0.6) is 0 Å². The predicted molar refractivity (Wildman–Crippen MR) is 64.1 cm³/mol. The monoisotopic (exact) mass is 220 g/mol. The molecule has 1 fully saturated rings. The Morgan fingerprint density at radius 3 is 2.44 bits per heavy atom. The lowest BCUT2D eigenvalue weighted by atomic mass is 10.1. The molecule has 1 amide bonds.